The Morgan fingerprint density at radius 1 is 1.00 bits per heavy atom. The van der Waals surface area contributed by atoms with Gasteiger partial charge in [0.2, 0.25) is 0 Å². The lowest BCUT2D eigenvalue weighted by atomic mass is 9.68. The van der Waals surface area contributed by atoms with E-state index in [1.54, 1.807) is 0 Å². The lowest BCUT2D eigenvalue weighted by Gasteiger charge is -2.37. The first-order chi connectivity index (χ1) is 6.93. The Morgan fingerprint density at radius 2 is 1.53 bits per heavy atom. The predicted molar refractivity (Wildman–Crippen MR) is 68.8 cm³/mol. The zero-order chi connectivity index (χ0) is 11.6. The molecule has 1 aliphatic carbocycles. The van der Waals surface area contributed by atoms with E-state index in [2.05, 4.69) is 40.9 Å². The molecule has 0 N–H and O–H groups in total. The summed E-state index contributed by atoms with van der Waals surface area (Å²) < 4.78 is 0. The minimum Gasteiger partial charge on any atom is -0.0995 e. The Morgan fingerprint density at radius 3 is 1.93 bits per heavy atom. The lowest BCUT2D eigenvalue weighted by Crippen LogP contribution is -2.27. The van der Waals surface area contributed by atoms with Crippen LogP contribution in [-0.2, 0) is 0 Å². The van der Waals surface area contributed by atoms with E-state index >= 15 is 0 Å². The fraction of sp³-hybridized carbons (Fsp3) is 0.733. The van der Waals surface area contributed by atoms with E-state index < -0.39 is 0 Å². The van der Waals surface area contributed by atoms with Gasteiger partial charge in [-0.05, 0) is 44.4 Å². The Kier molecular flexibility index (Phi) is 4.19. The zero-order valence-electron chi connectivity index (χ0n) is 10.8. The van der Waals surface area contributed by atoms with Crippen LogP contribution in [0.2, 0.25) is 0 Å². The van der Waals surface area contributed by atoms with Gasteiger partial charge >= 0.3 is 0 Å². The third kappa shape index (κ3) is 2.96. The van der Waals surface area contributed by atoms with Crippen LogP contribution in [0.5, 0.6) is 0 Å². The highest BCUT2D eigenvalue weighted by Crippen LogP contribution is 2.41. The van der Waals surface area contributed by atoms with Gasteiger partial charge in [-0.3, -0.25) is 0 Å². The molecule has 3 atom stereocenters. The van der Waals surface area contributed by atoms with Crippen LogP contribution in [0.15, 0.2) is 24.3 Å². The predicted octanol–water partition coefficient (Wildman–Crippen LogP) is 4.83. The van der Waals surface area contributed by atoms with Gasteiger partial charge in [0.05, 0.1) is 0 Å². The van der Waals surface area contributed by atoms with Gasteiger partial charge in [-0.25, -0.2) is 0 Å². The SMILES string of the molecule is C=C(C)C(C(=C)C)C1CCC(C)C(C)C1. The molecule has 0 nitrogen and oxygen atoms in total. The fourth-order valence-electron chi connectivity index (χ4n) is 3.12. The molecule has 0 radical (unpaired) electrons. The van der Waals surface area contributed by atoms with Gasteiger partial charge < -0.3 is 0 Å². The molecule has 15 heavy (non-hydrogen) atoms. The van der Waals surface area contributed by atoms with E-state index in [1.165, 1.54) is 30.4 Å². The Bertz CT molecular complexity index is 235. The average Bonchev–Trinajstić information content (AvgIpc) is 2.10. The molecule has 0 saturated heterocycles. The van der Waals surface area contributed by atoms with Crippen LogP contribution >= 0.6 is 0 Å². The van der Waals surface area contributed by atoms with Crippen molar-refractivity contribution >= 4 is 0 Å². The number of hydrogen-bond donors (Lipinski definition) is 0. The zero-order valence-corrected chi connectivity index (χ0v) is 10.8. The van der Waals surface area contributed by atoms with Crippen molar-refractivity contribution in [3.8, 4) is 0 Å². The molecule has 3 unspecified atom stereocenters. The van der Waals surface area contributed by atoms with E-state index in [0.29, 0.717) is 5.92 Å². The molecule has 0 aliphatic heterocycles. The molecular weight excluding hydrogens is 180 g/mol. The third-order valence-corrected chi connectivity index (χ3v) is 4.17. The van der Waals surface area contributed by atoms with Crippen LogP contribution in [0.1, 0.15) is 47.0 Å². The van der Waals surface area contributed by atoms with Crippen molar-refractivity contribution in [3.05, 3.63) is 24.3 Å². The summed E-state index contributed by atoms with van der Waals surface area (Å²) in [5, 5.41) is 0. The normalized spacial score (nSPS) is 31.7. The minimum absolute atomic E-state index is 0.556. The maximum Gasteiger partial charge on any atom is 0.00244 e. The molecule has 0 heterocycles. The Balaban J connectivity index is 2.70. The summed E-state index contributed by atoms with van der Waals surface area (Å²) in [5.41, 5.74) is 2.60. The van der Waals surface area contributed by atoms with Gasteiger partial charge in [0, 0.05) is 5.92 Å². The second kappa shape index (κ2) is 5.01. The minimum atomic E-state index is 0.556. The summed E-state index contributed by atoms with van der Waals surface area (Å²) in [6.45, 7) is 17.4. The van der Waals surface area contributed by atoms with Crippen LogP contribution in [0.4, 0.5) is 0 Å². The Hall–Kier alpha value is -0.520. The maximum absolute atomic E-state index is 4.14. The van der Waals surface area contributed by atoms with E-state index in [0.717, 1.165) is 17.8 Å². The molecule has 0 aromatic carbocycles. The van der Waals surface area contributed by atoms with Gasteiger partial charge in [-0.2, -0.15) is 0 Å². The molecule has 0 amide bonds. The van der Waals surface area contributed by atoms with Crippen molar-refractivity contribution in [1.82, 2.24) is 0 Å². The van der Waals surface area contributed by atoms with Crippen LogP contribution in [0, 0.1) is 23.7 Å². The summed E-state index contributed by atoms with van der Waals surface area (Å²) in [6, 6.07) is 0. The first-order valence-electron chi connectivity index (χ1n) is 6.24. The van der Waals surface area contributed by atoms with Gasteiger partial charge in [-0.1, -0.05) is 44.6 Å². The van der Waals surface area contributed by atoms with Crippen molar-refractivity contribution in [2.75, 3.05) is 0 Å². The number of rotatable bonds is 3. The number of hydrogen-bond acceptors (Lipinski definition) is 0. The van der Waals surface area contributed by atoms with Crippen molar-refractivity contribution in [2.24, 2.45) is 23.7 Å². The monoisotopic (exact) mass is 206 g/mol. The summed E-state index contributed by atoms with van der Waals surface area (Å²) in [6.07, 6.45) is 4.09. The van der Waals surface area contributed by atoms with Crippen LogP contribution in [-0.4, -0.2) is 0 Å². The van der Waals surface area contributed by atoms with Gasteiger partial charge in [0.1, 0.15) is 0 Å². The molecule has 1 fully saturated rings. The third-order valence-electron chi connectivity index (χ3n) is 4.17. The second-order valence-corrected chi connectivity index (χ2v) is 5.70. The van der Waals surface area contributed by atoms with E-state index in [1.807, 2.05) is 0 Å². The maximum atomic E-state index is 4.14. The van der Waals surface area contributed by atoms with Crippen molar-refractivity contribution in [1.29, 1.82) is 0 Å². The quantitative estimate of drug-likeness (QED) is 0.580. The topological polar surface area (TPSA) is 0 Å². The van der Waals surface area contributed by atoms with Gasteiger partial charge in [0.25, 0.3) is 0 Å². The first kappa shape index (κ1) is 12.5. The largest absolute Gasteiger partial charge is 0.0995 e. The van der Waals surface area contributed by atoms with Gasteiger partial charge in [0.15, 0.2) is 0 Å². The van der Waals surface area contributed by atoms with Crippen molar-refractivity contribution in [2.45, 2.75) is 47.0 Å². The molecule has 1 rings (SSSR count). The Labute approximate surface area is 95.5 Å². The molecule has 0 aromatic heterocycles. The highest BCUT2D eigenvalue weighted by atomic mass is 14.4. The molecule has 0 bridgehead atoms. The second-order valence-electron chi connectivity index (χ2n) is 5.70. The molecule has 0 aromatic rings. The molecule has 0 heteroatoms. The van der Waals surface area contributed by atoms with E-state index in [9.17, 15) is 0 Å². The highest BCUT2D eigenvalue weighted by molar-refractivity contribution is 5.15. The smallest absolute Gasteiger partial charge is 0.00244 e. The van der Waals surface area contributed by atoms with Crippen LogP contribution in [0.25, 0.3) is 0 Å². The van der Waals surface area contributed by atoms with Gasteiger partial charge in [-0.15, -0.1) is 0 Å². The van der Waals surface area contributed by atoms with E-state index in [4.69, 9.17) is 0 Å². The molecule has 0 spiro atoms. The summed E-state index contributed by atoms with van der Waals surface area (Å²) >= 11 is 0. The standard InChI is InChI=1S/C15H26/c1-10(2)15(11(3)4)14-8-7-12(5)13(6)9-14/h12-15H,1,3,7-9H2,2,4-6H3. The molecule has 1 aliphatic rings. The van der Waals surface area contributed by atoms with Crippen LogP contribution in [0.3, 0.4) is 0 Å². The van der Waals surface area contributed by atoms with Crippen LogP contribution < -0.4 is 0 Å². The lowest BCUT2D eigenvalue weighted by molar-refractivity contribution is 0.182. The molecule has 1 saturated carbocycles. The average molecular weight is 206 g/mol. The molecular formula is C15H26. The van der Waals surface area contributed by atoms with Crippen molar-refractivity contribution < 1.29 is 0 Å². The summed E-state index contributed by atoms with van der Waals surface area (Å²) in [4.78, 5) is 0. The molecule has 86 valence electrons. The summed E-state index contributed by atoms with van der Waals surface area (Å²) in [7, 11) is 0. The number of allylic oxidation sites excluding steroid dienone is 2. The van der Waals surface area contributed by atoms with Crippen molar-refractivity contribution in [3.63, 3.8) is 0 Å². The summed E-state index contributed by atoms with van der Waals surface area (Å²) in [5.74, 6) is 3.12. The fourth-order valence-corrected chi connectivity index (χ4v) is 3.12. The first-order valence-corrected chi connectivity index (χ1v) is 6.24. The highest BCUT2D eigenvalue weighted by Gasteiger charge is 2.30. The van der Waals surface area contributed by atoms with E-state index in [-0.39, 0.29) is 0 Å².